The van der Waals surface area contributed by atoms with Crippen molar-refractivity contribution in [3.8, 4) is 0 Å². The molecular weight excluding hydrogens is 230 g/mol. The third kappa shape index (κ3) is 2.57. The summed E-state index contributed by atoms with van der Waals surface area (Å²) in [5, 5.41) is 10.7. The first-order valence-corrected chi connectivity index (χ1v) is 4.38. The Hall–Kier alpha value is -2.44. The smallest absolute Gasteiger partial charge is 0.345 e. The summed E-state index contributed by atoms with van der Waals surface area (Å²) in [5.74, 6) is -1.69. The van der Waals surface area contributed by atoms with Crippen molar-refractivity contribution in [1.82, 2.24) is 0 Å². The highest BCUT2D eigenvalue weighted by atomic mass is 16.6. The summed E-state index contributed by atoms with van der Waals surface area (Å²) in [6.07, 6.45) is 0. The van der Waals surface area contributed by atoms with Crippen LogP contribution in [0.25, 0.3) is 0 Å². The molecule has 0 saturated carbocycles. The van der Waals surface area contributed by atoms with Crippen LogP contribution in [-0.4, -0.2) is 31.1 Å². The van der Waals surface area contributed by atoms with Crippen molar-refractivity contribution in [3.63, 3.8) is 0 Å². The van der Waals surface area contributed by atoms with Crippen molar-refractivity contribution in [2.24, 2.45) is 0 Å². The molecule has 89 valence electrons. The fraction of sp³-hybridized carbons (Fsp3) is 0.200. The Balaban J connectivity index is 3.34. The number of benzene rings is 1. The first-order valence-electron chi connectivity index (χ1n) is 4.38. The number of hydrogen-bond donors (Lipinski definition) is 0. The number of hydrogen-bond acceptors (Lipinski definition) is 6. The Morgan fingerprint density at radius 2 is 1.82 bits per heavy atom. The number of carbonyl (C=O) groups excluding carboxylic acids is 2. The summed E-state index contributed by atoms with van der Waals surface area (Å²) in [5.41, 5.74) is -0.983. The zero-order valence-corrected chi connectivity index (χ0v) is 9.05. The van der Waals surface area contributed by atoms with Gasteiger partial charge < -0.3 is 9.47 Å². The van der Waals surface area contributed by atoms with E-state index in [4.69, 9.17) is 0 Å². The average molecular weight is 238 g/mol. The second-order valence-corrected chi connectivity index (χ2v) is 2.87. The van der Waals surface area contributed by atoms with E-state index < -0.39 is 28.1 Å². The van der Waals surface area contributed by atoms with E-state index in [0.29, 0.717) is 0 Å². The van der Waals surface area contributed by atoms with Crippen LogP contribution in [0.3, 0.4) is 0 Å². The molecule has 1 aromatic carbocycles. The van der Waals surface area contributed by atoms with Gasteiger partial charge in [0.2, 0.25) is 0 Å². The number of ether oxygens (including phenoxy) is 2. The molecule has 0 bridgehead atoms. The lowest BCUT2D eigenvalue weighted by Gasteiger charge is -2.03. The lowest BCUT2D eigenvalue weighted by molar-refractivity contribution is -0.385. The molecule has 0 aliphatic heterocycles. The van der Waals surface area contributed by atoms with Crippen LogP contribution >= 0.6 is 0 Å². The molecule has 17 heavy (non-hydrogen) atoms. The number of nitro groups is 1. The Morgan fingerprint density at radius 3 is 2.29 bits per heavy atom. The standard InChI is InChI=1S/C10H8NO6/c1-16-9(12)6-3-4-8(11(14)15)7(5-6)10(13)17-2/h3-4H,1-2H3. The molecule has 7 nitrogen and oxygen atoms in total. The highest BCUT2D eigenvalue weighted by Gasteiger charge is 2.23. The van der Waals surface area contributed by atoms with E-state index in [1.807, 2.05) is 0 Å². The molecule has 0 aromatic heterocycles. The maximum atomic E-state index is 11.3. The molecule has 0 heterocycles. The van der Waals surface area contributed by atoms with Gasteiger partial charge in [0.05, 0.1) is 24.7 Å². The monoisotopic (exact) mass is 238 g/mol. The maximum absolute atomic E-state index is 11.3. The van der Waals surface area contributed by atoms with Crippen LogP contribution in [0.4, 0.5) is 5.69 Å². The van der Waals surface area contributed by atoms with Crippen LogP contribution < -0.4 is 0 Å². The minimum Gasteiger partial charge on any atom is -0.465 e. The highest BCUT2D eigenvalue weighted by molar-refractivity contribution is 5.97. The fourth-order valence-electron chi connectivity index (χ4n) is 1.12. The number of rotatable bonds is 3. The first kappa shape index (κ1) is 12.6. The van der Waals surface area contributed by atoms with Crippen molar-refractivity contribution in [1.29, 1.82) is 0 Å². The van der Waals surface area contributed by atoms with Crippen molar-refractivity contribution in [2.75, 3.05) is 14.2 Å². The lowest BCUT2D eigenvalue weighted by atomic mass is 10.1. The Labute approximate surface area is 96.1 Å². The minimum absolute atomic E-state index is 0.0847. The Bertz CT molecular complexity index is 482. The molecule has 0 spiro atoms. The minimum atomic E-state index is -0.942. The summed E-state index contributed by atoms with van der Waals surface area (Å²) in [7, 11) is 2.22. The van der Waals surface area contributed by atoms with E-state index in [1.165, 1.54) is 0 Å². The molecule has 0 aliphatic carbocycles. The molecular formula is C10H8NO6. The molecule has 0 fully saturated rings. The zero-order chi connectivity index (χ0) is 13.0. The SMILES string of the molecule is COC(=O)c1[c]c(C(=O)OC)c([N+](=O)[O-])cc1. The second kappa shape index (κ2) is 5.06. The largest absolute Gasteiger partial charge is 0.465 e. The van der Waals surface area contributed by atoms with Crippen LogP contribution in [0.1, 0.15) is 20.7 Å². The molecule has 0 unspecified atom stereocenters. The summed E-state index contributed by atoms with van der Waals surface area (Å²) >= 11 is 0. The third-order valence-corrected chi connectivity index (χ3v) is 1.92. The van der Waals surface area contributed by atoms with Gasteiger partial charge in [0.25, 0.3) is 5.69 Å². The quantitative estimate of drug-likeness (QED) is 0.442. The van der Waals surface area contributed by atoms with Crippen LogP contribution in [0.15, 0.2) is 12.1 Å². The van der Waals surface area contributed by atoms with Crippen LogP contribution in [0.5, 0.6) is 0 Å². The van der Waals surface area contributed by atoms with Gasteiger partial charge in [-0.25, -0.2) is 9.59 Å². The van der Waals surface area contributed by atoms with Gasteiger partial charge in [-0.15, -0.1) is 0 Å². The maximum Gasteiger partial charge on any atom is 0.345 e. The summed E-state index contributed by atoms with van der Waals surface area (Å²) in [4.78, 5) is 32.4. The molecule has 1 rings (SSSR count). The van der Waals surface area contributed by atoms with Crippen molar-refractivity contribution in [3.05, 3.63) is 39.4 Å². The molecule has 0 aliphatic rings. The predicted octanol–water partition coefficient (Wildman–Crippen LogP) is 0.968. The highest BCUT2D eigenvalue weighted by Crippen LogP contribution is 2.20. The van der Waals surface area contributed by atoms with Gasteiger partial charge in [0.15, 0.2) is 0 Å². The van der Waals surface area contributed by atoms with Gasteiger partial charge in [-0.1, -0.05) is 0 Å². The number of carbonyl (C=O) groups is 2. The van der Waals surface area contributed by atoms with E-state index in [0.717, 1.165) is 26.4 Å². The van der Waals surface area contributed by atoms with Gasteiger partial charge in [0, 0.05) is 12.1 Å². The second-order valence-electron chi connectivity index (χ2n) is 2.87. The van der Waals surface area contributed by atoms with Gasteiger partial charge in [0.1, 0.15) is 5.56 Å². The number of nitro benzene ring substituents is 1. The summed E-state index contributed by atoms with van der Waals surface area (Å²) in [6, 6.07) is 4.48. The zero-order valence-electron chi connectivity index (χ0n) is 9.05. The number of esters is 2. The normalized spacial score (nSPS) is 9.53. The van der Waals surface area contributed by atoms with Crippen LogP contribution in [-0.2, 0) is 9.47 Å². The number of methoxy groups -OCH3 is 2. The first-order chi connectivity index (χ1) is 8.01. The van der Waals surface area contributed by atoms with E-state index in [2.05, 4.69) is 15.5 Å². The Kier molecular flexibility index (Phi) is 3.76. The van der Waals surface area contributed by atoms with Gasteiger partial charge >= 0.3 is 11.9 Å². The van der Waals surface area contributed by atoms with Gasteiger partial charge in [-0.2, -0.15) is 0 Å². The molecule has 0 N–H and O–H groups in total. The molecule has 1 aromatic rings. The molecule has 0 atom stereocenters. The van der Waals surface area contributed by atoms with Crippen LogP contribution in [0, 0.1) is 16.2 Å². The van der Waals surface area contributed by atoms with Crippen molar-refractivity contribution in [2.45, 2.75) is 0 Å². The molecule has 0 saturated heterocycles. The van der Waals surface area contributed by atoms with Crippen LogP contribution in [0.2, 0.25) is 0 Å². The average Bonchev–Trinajstić information content (AvgIpc) is 2.35. The third-order valence-electron chi connectivity index (χ3n) is 1.92. The summed E-state index contributed by atoms with van der Waals surface area (Å²) in [6.45, 7) is 0. The molecule has 7 heteroatoms. The van der Waals surface area contributed by atoms with E-state index >= 15 is 0 Å². The Morgan fingerprint density at radius 1 is 1.24 bits per heavy atom. The van der Waals surface area contributed by atoms with Gasteiger partial charge in [-0.05, 0) is 6.07 Å². The fourth-order valence-corrected chi connectivity index (χ4v) is 1.12. The topological polar surface area (TPSA) is 95.7 Å². The lowest BCUT2D eigenvalue weighted by Crippen LogP contribution is -2.09. The molecule has 0 amide bonds. The van der Waals surface area contributed by atoms with E-state index in [9.17, 15) is 19.7 Å². The predicted molar refractivity (Wildman–Crippen MR) is 54.6 cm³/mol. The number of nitrogens with zero attached hydrogens (tertiary/aromatic N) is 1. The van der Waals surface area contributed by atoms with Gasteiger partial charge in [-0.3, -0.25) is 10.1 Å². The van der Waals surface area contributed by atoms with Crippen molar-refractivity contribution < 1.29 is 24.0 Å². The van der Waals surface area contributed by atoms with E-state index in [-0.39, 0.29) is 5.56 Å². The van der Waals surface area contributed by atoms with E-state index in [1.54, 1.807) is 0 Å². The molecule has 1 radical (unpaired) electrons. The summed E-state index contributed by atoms with van der Waals surface area (Å²) < 4.78 is 8.78. The van der Waals surface area contributed by atoms with Crippen molar-refractivity contribution >= 4 is 17.6 Å².